The number of aromatic nitrogens is 1. The molecule has 1 fully saturated rings. The van der Waals surface area contributed by atoms with Crippen LogP contribution in [0.3, 0.4) is 0 Å². The van der Waals surface area contributed by atoms with Crippen LogP contribution in [0.25, 0.3) is 6.08 Å². The summed E-state index contributed by atoms with van der Waals surface area (Å²) in [7, 11) is 1.48. The molecule has 1 aromatic heterocycles. The lowest BCUT2D eigenvalue weighted by atomic mass is 10.1. The third kappa shape index (κ3) is 2.90. The Balaban J connectivity index is 2.32. The molecule has 0 spiro atoms. The number of methoxy groups -OCH3 is 1. The Bertz CT molecular complexity index is 540. The van der Waals surface area contributed by atoms with E-state index in [4.69, 9.17) is 14.2 Å². The average Bonchev–Trinajstić information content (AvgIpc) is 2.33. The standard InChI is InChI=1S/C13H13NO5/c1-13(2)18-11(15)9(12(16)19-13)6-8-4-5-14-10(7-8)17-3/h4-7H,1-3H3. The van der Waals surface area contributed by atoms with Crippen molar-refractivity contribution in [2.75, 3.05) is 7.11 Å². The molecule has 0 bridgehead atoms. The molecule has 0 saturated carbocycles. The van der Waals surface area contributed by atoms with Crippen LogP contribution in [0.1, 0.15) is 19.4 Å². The van der Waals surface area contributed by atoms with Crippen molar-refractivity contribution in [1.82, 2.24) is 4.98 Å². The zero-order valence-corrected chi connectivity index (χ0v) is 10.8. The number of esters is 2. The van der Waals surface area contributed by atoms with Gasteiger partial charge in [-0.2, -0.15) is 0 Å². The van der Waals surface area contributed by atoms with E-state index in [9.17, 15) is 9.59 Å². The maximum atomic E-state index is 11.7. The van der Waals surface area contributed by atoms with Gasteiger partial charge in [-0.3, -0.25) is 0 Å². The lowest BCUT2D eigenvalue weighted by Crippen LogP contribution is -2.41. The summed E-state index contributed by atoms with van der Waals surface area (Å²) >= 11 is 0. The Labute approximate surface area is 110 Å². The molecule has 0 amide bonds. The van der Waals surface area contributed by atoms with E-state index in [2.05, 4.69) is 4.98 Å². The topological polar surface area (TPSA) is 74.7 Å². The Hall–Kier alpha value is -2.37. The van der Waals surface area contributed by atoms with E-state index in [0.717, 1.165) is 0 Å². The van der Waals surface area contributed by atoms with Gasteiger partial charge >= 0.3 is 11.9 Å². The molecule has 1 aliphatic heterocycles. The second-order valence-corrected chi connectivity index (χ2v) is 4.37. The Kier molecular flexibility index (Phi) is 3.25. The van der Waals surface area contributed by atoms with Gasteiger partial charge in [-0.15, -0.1) is 0 Å². The third-order valence-corrected chi connectivity index (χ3v) is 2.40. The molecule has 0 N–H and O–H groups in total. The highest BCUT2D eigenvalue weighted by Gasteiger charge is 2.38. The Morgan fingerprint density at radius 3 is 2.47 bits per heavy atom. The van der Waals surface area contributed by atoms with E-state index in [1.807, 2.05) is 0 Å². The number of hydrogen-bond donors (Lipinski definition) is 0. The maximum absolute atomic E-state index is 11.7. The predicted molar refractivity (Wildman–Crippen MR) is 65.0 cm³/mol. The minimum absolute atomic E-state index is 0.160. The molecule has 0 aromatic carbocycles. The van der Waals surface area contributed by atoms with Gasteiger partial charge in [-0.25, -0.2) is 14.6 Å². The summed E-state index contributed by atoms with van der Waals surface area (Å²) in [5.41, 5.74) is 0.433. The van der Waals surface area contributed by atoms with Crippen molar-refractivity contribution >= 4 is 18.0 Å². The van der Waals surface area contributed by atoms with Gasteiger partial charge in [0, 0.05) is 26.1 Å². The monoisotopic (exact) mass is 263 g/mol. The summed E-state index contributed by atoms with van der Waals surface area (Å²) in [4.78, 5) is 27.4. The van der Waals surface area contributed by atoms with E-state index < -0.39 is 17.7 Å². The Morgan fingerprint density at radius 2 is 1.89 bits per heavy atom. The number of carbonyl (C=O) groups is 2. The van der Waals surface area contributed by atoms with E-state index in [-0.39, 0.29) is 5.57 Å². The highest BCUT2D eigenvalue weighted by atomic mass is 16.7. The molecular formula is C13H13NO5. The van der Waals surface area contributed by atoms with Gasteiger partial charge in [-0.05, 0) is 17.7 Å². The number of rotatable bonds is 2. The lowest BCUT2D eigenvalue weighted by molar-refractivity contribution is -0.222. The first-order valence-electron chi connectivity index (χ1n) is 5.60. The quantitative estimate of drug-likeness (QED) is 0.455. The number of pyridine rings is 1. The molecule has 6 nitrogen and oxygen atoms in total. The average molecular weight is 263 g/mol. The van der Waals surface area contributed by atoms with Crippen LogP contribution in [0.2, 0.25) is 0 Å². The normalized spacial score (nSPS) is 17.5. The first-order chi connectivity index (χ1) is 8.91. The highest BCUT2D eigenvalue weighted by molar-refractivity contribution is 6.18. The predicted octanol–water partition coefficient (Wildman–Crippen LogP) is 1.31. The molecule has 1 aliphatic rings. The summed E-state index contributed by atoms with van der Waals surface area (Å²) in [6.45, 7) is 2.99. The van der Waals surface area contributed by atoms with Gasteiger partial charge in [0.25, 0.3) is 5.79 Å². The van der Waals surface area contributed by atoms with Crippen molar-refractivity contribution in [1.29, 1.82) is 0 Å². The molecule has 0 unspecified atom stereocenters. The molecule has 1 saturated heterocycles. The molecule has 0 atom stereocenters. The molecule has 0 radical (unpaired) electrons. The summed E-state index contributed by atoms with van der Waals surface area (Å²) in [5.74, 6) is -2.28. The van der Waals surface area contributed by atoms with Gasteiger partial charge in [0.05, 0.1) is 7.11 Å². The van der Waals surface area contributed by atoms with Gasteiger partial charge in [0.2, 0.25) is 5.88 Å². The largest absolute Gasteiger partial charge is 0.481 e. The van der Waals surface area contributed by atoms with Crippen molar-refractivity contribution in [3.05, 3.63) is 29.5 Å². The van der Waals surface area contributed by atoms with Crippen molar-refractivity contribution in [3.8, 4) is 5.88 Å². The second-order valence-electron chi connectivity index (χ2n) is 4.37. The van der Waals surface area contributed by atoms with E-state index >= 15 is 0 Å². The molecule has 0 aliphatic carbocycles. The lowest BCUT2D eigenvalue weighted by Gasteiger charge is -2.29. The first-order valence-corrected chi connectivity index (χ1v) is 5.60. The number of hydrogen-bond acceptors (Lipinski definition) is 6. The van der Waals surface area contributed by atoms with Gasteiger partial charge < -0.3 is 14.2 Å². The fourth-order valence-electron chi connectivity index (χ4n) is 1.57. The first kappa shape index (κ1) is 13.1. The van der Waals surface area contributed by atoms with E-state index in [1.54, 1.807) is 12.1 Å². The Morgan fingerprint density at radius 1 is 1.26 bits per heavy atom. The second kappa shape index (κ2) is 4.72. The van der Waals surface area contributed by atoms with Crippen molar-refractivity contribution < 1.29 is 23.8 Å². The molecule has 1 aromatic rings. The minimum Gasteiger partial charge on any atom is -0.481 e. The van der Waals surface area contributed by atoms with Crippen molar-refractivity contribution in [2.45, 2.75) is 19.6 Å². The number of nitrogens with zero attached hydrogens (tertiary/aromatic N) is 1. The molecule has 19 heavy (non-hydrogen) atoms. The molecule has 2 heterocycles. The fourth-order valence-corrected chi connectivity index (χ4v) is 1.57. The summed E-state index contributed by atoms with van der Waals surface area (Å²) in [6.07, 6.45) is 2.89. The third-order valence-electron chi connectivity index (χ3n) is 2.40. The van der Waals surface area contributed by atoms with Crippen LogP contribution >= 0.6 is 0 Å². The van der Waals surface area contributed by atoms with Crippen LogP contribution in [-0.2, 0) is 19.1 Å². The molecule has 2 rings (SSSR count). The number of cyclic esters (lactones) is 2. The van der Waals surface area contributed by atoms with Crippen LogP contribution in [0.5, 0.6) is 5.88 Å². The van der Waals surface area contributed by atoms with Crippen LogP contribution in [-0.4, -0.2) is 29.8 Å². The summed E-state index contributed by atoms with van der Waals surface area (Å²) < 4.78 is 14.9. The summed E-state index contributed by atoms with van der Waals surface area (Å²) in [6, 6.07) is 3.23. The zero-order valence-electron chi connectivity index (χ0n) is 10.8. The van der Waals surface area contributed by atoms with Gasteiger partial charge in [0.15, 0.2) is 0 Å². The highest BCUT2D eigenvalue weighted by Crippen LogP contribution is 2.24. The molecule has 100 valence electrons. The van der Waals surface area contributed by atoms with Gasteiger partial charge in [-0.1, -0.05) is 0 Å². The smallest absolute Gasteiger partial charge is 0.348 e. The fraction of sp³-hybridized carbons (Fsp3) is 0.308. The number of carbonyl (C=O) groups excluding carboxylic acids is 2. The van der Waals surface area contributed by atoms with Crippen LogP contribution < -0.4 is 4.74 Å². The van der Waals surface area contributed by atoms with Crippen molar-refractivity contribution in [3.63, 3.8) is 0 Å². The summed E-state index contributed by atoms with van der Waals surface area (Å²) in [5, 5.41) is 0. The SMILES string of the molecule is COc1cc(C=C2C(=O)OC(C)(C)OC2=O)ccn1. The maximum Gasteiger partial charge on any atom is 0.348 e. The van der Waals surface area contributed by atoms with Crippen LogP contribution in [0.15, 0.2) is 23.9 Å². The van der Waals surface area contributed by atoms with Crippen LogP contribution in [0.4, 0.5) is 0 Å². The zero-order chi connectivity index (χ0) is 14.0. The molecular weight excluding hydrogens is 250 g/mol. The molecule has 6 heteroatoms. The van der Waals surface area contributed by atoms with Crippen LogP contribution in [0, 0.1) is 0 Å². The minimum atomic E-state index is -1.23. The van der Waals surface area contributed by atoms with Gasteiger partial charge in [0.1, 0.15) is 5.57 Å². The van der Waals surface area contributed by atoms with E-state index in [0.29, 0.717) is 11.4 Å². The van der Waals surface area contributed by atoms with Crippen molar-refractivity contribution in [2.24, 2.45) is 0 Å². The van der Waals surface area contributed by atoms with E-state index in [1.165, 1.54) is 33.2 Å². The number of ether oxygens (including phenoxy) is 3.